The molecule has 5 aromatic carbocycles. The summed E-state index contributed by atoms with van der Waals surface area (Å²) < 4.78 is 28.4. The number of carbonyl (C=O) groups excluding carboxylic acids is 4. The van der Waals surface area contributed by atoms with E-state index in [2.05, 4.69) is 49.7 Å². The van der Waals surface area contributed by atoms with Gasteiger partial charge in [-0.25, -0.2) is 34.7 Å². The Labute approximate surface area is 630 Å². The van der Waals surface area contributed by atoms with E-state index in [-0.39, 0.29) is 38.2 Å². The number of halogens is 5. The summed E-state index contributed by atoms with van der Waals surface area (Å²) in [5, 5.41) is 15.4. The molecule has 6 heterocycles. The molecule has 0 bridgehead atoms. The van der Waals surface area contributed by atoms with Gasteiger partial charge < -0.3 is 62.9 Å². The fourth-order valence-electron chi connectivity index (χ4n) is 8.74. The molecule has 0 saturated heterocycles. The molecule has 11 aromatic rings. The summed E-state index contributed by atoms with van der Waals surface area (Å²) >= 11 is 29.2. The monoisotopic (exact) mass is 1520 g/mol. The normalized spacial score (nSPS) is 11.1. The Morgan fingerprint density at radius 1 is 0.462 bits per heavy atom. The minimum absolute atomic E-state index is 0. The fourth-order valence-corrected chi connectivity index (χ4v) is 9.37. The van der Waals surface area contributed by atoms with Crippen LogP contribution in [0.2, 0.25) is 25.1 Å². The highest BCUT2D eigenvalue weighted by Gasteiger charge is 2.34. The van der Waals surface area contributed by atoms with Crippen molar-refractivity contribution in [2.45, 2.75) is 124 Å². The number of aromatic nitrogens is 12. The molecule has 0 saturated carbocycles. The summed E-state index contributed by atoms with van der Waals surface area (Å²) in [5.41, 5.74) is 11.5. The van der Waals surface area contributed by atoms with Crippen LogP contribution in [0.4, 0.5) is 4.79 Å². The number of H-pyrrole nitrogens is 1. The number of carboxylic acids is 1. The number of ether oxygens (including phenoxy) is 4. The van der Waals surface area contributed by atoms with E-state index in [0.29, 0.717) is 37.2 Å². The Morgan fingerprint density at radius 2 is 0.788 bits per heavy atom. The number of carbonyl (C=O) groups is 5. The number of hydrogen-bond acceptors (Lipinski definition) is 16. The first-order chi connectivity index (χ1) is 48.4. The van der Waals surface area contributed by atoms with Crippen molar-refractivity contribution in [3.63, 3.8) is 0 Å². The number of aromatic amines is 1. The summed E-state index contributed by atoms with van der Waals surface area (Å²) in [5.74, 6) is -1.77. The zero-order chi connectivity index (χ0) is 76.0. The summed E-state index contributed by atoms with van der Waals surface area (Å²) in [6, 6.07) is 37.0. The van der Waals surface area contributed by atoms with Crippen molar-refractivity contribution in [3.8, 4) is 28.4 Å². The van der Waals surface area contributed by atoms with E-state index in [1.165, 1.54) is 27.7 Å². The predicted molar refractivity (Wildman–Crippen MR) is 405 cm³/mol. The van der Waals surface area contributed by atoms with Crippen LogP contribution in [-0.4, -0.2) is 120 Å². The lowest BCUT2D eigenvalue weighted by molar-refractivity contribution is -0.146. The van der Waals surface area contributed by atoms with Crippen molar-refractivity contribution in [2.75, 3.05) is 21.3 Å². The zero-order valence-electron chi connectivity index (χ0n) is 59.4. The van der Waals surface area contributed by atoms with Gasteiger partial charge in [0.25, 0.3) is 0 Å². The van der Waals surface area contributed by atoms with E-state index in [4.69, 9.17) is 78.3 Å². The van der Waals surface area contributed by atoms with Crippen LogP contribution in [0.5, 0.6) is 0 Å². The van der Waals surface area contributed by atoms with Gasteiger partial charge in [0.05, 0.1) is 112 Å². The van der Waals surface area contributed by atoms with Gasteiger partial charge in [-0.1, -0.05) is 65.4 Å². The number of imidazole rings is 6. The average molecular weight is 1520 g/mol. The number of alkyl carbamates (subject to hydrolysis) is 1. The van der Waals surface area contributed by atoms with E-state index < -0.39 is 39.6 Å². The standard InChI is InChI=1S/C17H22ClN3O2.C14H15ClN2O2.C13H13ClN2O2.C12H14ClN3.C12H11ClN2O2.C6H8N2O2.CH4/c1-16(2,3)23-15(22)20-17(4,5)14-10-21(11-19-14)13-8-6-12(18)7-9-13;1-14(2,13(18)19-3)12-8-17(9-16-12)11-6-4-10(15)5-7-11;1-13(2,12(17)18)11-7-16(8-15-11)10-5-3-9(14)4-6-10;1-12(2,14)11-7-16(8-15-11)10-5-3-9(13)4-6-10;1-17-12(16)6-10-7-15(8-14-10)11-4-2-9(13)3-5-11;1-10-6(9)2-5-3-7-4-8-5;/h6-11H,1-5H3,(H,20,22);4-9H,1-3H3;3-8H,1-2H3,(H,17,18);3-8H,14H2,1-2H3;2-5,7-8H,6H2,1H3;3-4H,2H2,1H3,(H,7,8);1H4. The Hall–Kier alpha value is -10.1. The molecule has 0 atom stereocenters. The number of benzene rings is 5. The number of methoxy groups -OCH3 is 3. The second kappa shape index (κ2) is 37.9. The van der Waals surface area contributed by atoms with Crippen molar-refractivity contribution in [1.82, 2.24) is 63.0 Å². The summed E-state index contributed by atoms with van der Waals surface area (Å²) in [4.78, 5) is 84.3. The predicted octanol–water partition coefficient (Wildman–Crippen LogP) is 15.9. The van der Waals surface area contributed by atoms with Gasteiger partial charge in [0.2, 0.25) is 0 Å². The smallest absolute Gasteiger partial charge is 0.408 e. The molecule has 0 unspecified atom stereocenters. The van der Waals surface area contributed by atoms with Crippen molar-refractivity contribution >= 4 is 88.0 Å². The van der Waals surface area contributed by atoms with E-state index in [1.54, 1.807) is 107 Å². The molecule has 0 radical (unpaired) electrons. The minimum Gasteiger partial charge on any atom is -0.481 e. The van der Waals surface area contributed by atoms with Crippen LogP contribution in [0.3, 0.4) is 0 Å². The highest BCUT2D eigenvalue weighted by molar-refractivity contribution is 6.31. The first-order valence-electron chi connectivity index (χ1n) is 31.6. The van der Waals surface area contributed by atoms with E-state index in [9.17, 15) is 24.0 Å². The molecule has 24 nitrogen and oxygen atoms in total. The van der Waals surface area contributed by atoms with Gasteiger partial charge in [0.15, 0.2) is 0 Å². The molecule has 0 aliphatic rings. The maximum absolute atomic E-state index is 12.0. The molecule has 0 aliphatic heterocycles. The van der Waals surface area contributed by atoms with Gasteiger partial charge in [-0.05, 0) is 197 Å². The quantitative estimate of drug-likeness (QED) is 0.0516. The number of hydrogen-bond donors (Lipinski definition) is 4. The van der Waals surface area contributed by atoms with Gasteiger partial charge in [-0.15, -0.1) is 0 Å². The molecule has 5 N–H and O–H groups in total. The number of rotatable bonds is 16. The number of nitrogens with two attached hydrogens (primary N) is 1. The Kier molecular flexibility index (Phi) is 30.8. The molecule has 29 heteroatoms. The van der Waals surface area contributed by atoms with Crippen molar-refractivity contribution in [3.05, 3.63) is 256 Å². The topological polar surface area (TPSA) is 298 Å². The molecule has 11 rings (SSSR count). The summed E-state index contributed by atoms with van der Waals surface area (Å²) in [6.07, 6.45) is 20.6. The second-order valence-electron chi connectivity index (χ2n) is 25.9. The SMILES string of the molecule is C.CC(C)(C(=O)O)c1cn(-c2ccc(Cl)cc2)cn1.CC(C)(C)OC(=O)NC(C)(C)c1cn(-c2ccc(Cl)cc2)cn1.CC(C)(N)c1cn(-c2ccc(Cl)cc2)cn1.COC(=O)C(C)(C)c1cn(-c2ccc(Cl)cc2)cn1.COC(=O)Cc1cn(-c2ccc(Cl)cc2)cn1.COC(=O)Cc1cnc[nH]1. The van der Waals surface area contributed by atoms with E-state index in [1.807, 2.05) is 182 Å². The summed E-state index contributed by atoms with van der Waals surface area (Å²) in [6.45, 7) is 19.9. The minimum atomic E-state index is -1.00. The molecule has 1 amide bonds. The van der Waals surface area contributed by atoms with Crippen LogP contribution in [0.15, 0.2) is 196 Å². The number of amides is 1. The number of aliphatic carboxylic acids is 1. The first kappa shape index (κ1) is 84.6. The molecule has 104 heavy (non-hydrogen) atoms. The molecule has 552 valence electrons. The zero-order valence-corrected chi connectivity index (χ0v) is 63.2. The Morgan fingerprint density at radius 3 is 1.12 bits per heavy atom. The molecule has 0 fully saturated rings. The van der Waals surface area contributed by atoms with Crippen LogP contribution in [0, 0.1) is 0 Å². The Bertz CT molecular complexity index is 4510. The first-order valence-corrected chi connectivity index (χ1v) is 33.5. The second-order valence-corrected chi connectivity index (χ2v) is 28.1. The molecule has 0 aliphatic carbocycles. The lowest BCUT2D eigenvalue weighted by Gasteiger charge is -2.27. The fraction of sp³-hybridized carbons (Fsp3) is 0.293. The van der Waals surface area contributed by atoms with Crippen molar-refractivity contribution in [2.24, 2.45) is 5.73 Å². The highest BCUT2D eigenvalue weighted by Crippen LogP contribution is 2.27. The van der Waals surface area contributed by atoms with Crippen LogP contribution >= 0.6 is 58.0 Å². The third-order valence-electron chi connectivity index (χ3n) is 14.9. The third-order valence-corrected chi connectivity index (χ3v) is 16.1. The molecular formula is C75H87Cl5N14O10. The average Bonchev–Trinajstić information content (AvgIpc) is 1.66. The lowest BCUT2D eigenvalue weighted by atomic mass is 9.90. The van der Waals surface area contributed by atoms with E-state index >= 15 is 0 Å². The largest absolute Gasteiger partial charge is 0.481 e. The van der Waals surface area contributed by atoms with Crippen molar-refractivity contribution in [1.29, 1.82) is 0 Å². The van der Waals surface area contributed by atoms with Gasteiger partial charge in [0, 0.05) is 96.4 Å². The number of carboxylic acid groups (broad SMARTS) is 1. The van der Waals surface area contributed by atoms with Crippen LogP contribution in [-0.2, 0) is 72.9 Å². The van der Waals surface area contributed by atoms with Gasteiger partial charge >= 0.3 is 30.0 Å². The molecule has 0 spiro atoms. The van der Waals surface area contributed by atoms with E-state index in [0.717, 1.165) is 50.5 Å². The van der Waals surface area contributed by atoms with Gasteiger partial charge in [-0.2, -0.15) is 0 Å². The summed E-state index contributed by atoms with van der Waals surface area (Å²) in [7, 11) is 4.09. The van der Waals surface area contributed by atoms with Crippen LogP contribution < -0.4 is 11.1 Å². The maximum atomic E-state index is 12.0. The van der Waals surface area contributed by atoms with Crippen molar-refractivity contribution < 1.29 is 48.0 Å². The molecular weight excluding hydrogens is 1430 g/mol. The number of esters is 3. The van der Waals surface area contributed by atoms with Crippen LogP contribution in [0.1, 0.15) is 118 Å². The lowest BCUT2D eigenvalue weighted by Crippen LogP contribution is -2.44. The van der Waals surface area contributed by atoms with Crippen LogP contribution in [0.25, 0.3) is 28.4 Å². The highest BCUT2D eigenvalue weighted by atomic mass is 35.5. The van der Waals surface area contributed by atoms with Gasteiger partial charge in [0.1, 0.15) is 16.4 Å². The number of nitrogens with zero attached hydrogens (tertiary/aromatic N) is 11. The number of nitrogens with one attached hydrogen (secondary N) is 2. The third kappa shape index (κ3) is 25.7. The molecule has 6 aromatic heterocycles. The van der Waals surface area contributed by atoms with Gasteiger partial charge in [-0.3, -0.25) is 19.2 Å². The maximum Gasteiger partial charge on any atom is 0.408 e. The Balaban J connectivity index is 0.000000227.